The first-order chi connectivity index (χ1) is 9.13. The molecule has 0 fully saturated rings. The van der Waals surface area contributed by atoms with Gasteiger partial charge in [0.1, 0.15) is 0 Å². The lowest BCUT2D eigenvalue weighted by Gasteiger charge is -2.14. The predicted octanol–water partition coefficient (Wildman–Crippen LogP) is 3.10. The molecule has 2 rings (SSSR count). The Labute approximate surface area is 120 Å². The third-order valence-corrected chi connectivity index (χ3v) is 3.61. The van der Waals surface area contributed by atoms with E-state index in [0.29, 0.717) is 12.0 Å². The third-order valence-electron chi connectivity index (χ3n) is 3.11. The Kier molecular flexibility index (Phi) is 4.56. The summed E-state index contributed by atoms with van der Waals surface area (Å²) in [7, 11) is 0. The van der Waals surface area contributed by atoms with Gasteiger partial charge in [-0.05, 0) is 41.5 Å². The van der Waals surface area contributed by atoms with E-state index in [2.05, 4.69) is 21.2 Å². The molecule has 0 aliphatic rings. The normalized spacial score (nSPS) is 12.4. The second-order valence-corrected chi connectivity index (χ2v) is 5.38. The fourth-order valence-electron chi connectivity index (χ4n) is 1.90. The first kappa shape index (κ1) is 14.0. The van der Waals surface area contributed by atoms with Crippen LogP contribution in [0.5, 0.6) is 0 Å². The minimum absolute atomic E-state index is 0.0389. The minimum atomic E-state index is -0.187. The van der Waals surface area contributed by atoms with E-state index in [1.54, 1.807) is 6.07 Å². The molecule has 100 valence electrons. The molecule has 0 unspecified atom stereocenters. The molecule has 0 bridgehead atoms. The highest BCUT2D eigenvalue weighted by molar-refractivity contribution is 9.10. The van der Waals surface area contributed by atoms with Gasteiger partial charge < -0.3 is 10.4 Å². The number of nitrogens with one attached hydrogen (secondary N) is 1. The number of benzene rings is 2. The van der Waals surface area contributed by atoms with Crippen LogP contribution in [0.25, 0.3) is 10.8 Å². The van der Waals surface area contributed by atoms with E-state index >= 15 is 0 Å². The van der Waals surface area contributed by atoms with Gasteiger partial charge in [-0.25, -0.2) is 0 Å². The van der Waals surface area contributed by atoms with Crippen molar-refractivity contribution in [3.8, 4) is 0 Å². The third kappa shape index (κ3) is 3.33. The topological polar surface area (TPSA) is 49.3 Å². The van der Waals surface area contributed by atoms with E-state index < -0.39 is 0 Å². The number of aliphatic hydroxyl groups is 1. The van der Waals surface area contributed by atoms with Crippen molar-refractivity contribution in [2.45, 2.75) is 19.4 Å². The van der Waals surface area contributed by atoms with Gasteiger partial charge in [-0.1, -0.05) is 35.0 Å². The first-order valence-corrected chi connectivity index (χ1v) is 7.04. The molecule has 19 heavy (non-hydrogen) atoms. The number of fused-ring (bicyclic) bond motifs is 1. The van der Waals surface area contributed by atoms with Crippen LogP contribution < -0.4 is 5.32 Å². The van der Waals surface area contributed by atoms with Crippen molar-refractivity contribution >= 4 is 32.6 Å². The summed E-state index contributed by atoms with van der Waals surface area (Å²) in [6.45, 7) is 1.89. The van der Waals surface area contributed by atoms with Crippen molar-refractivity contribution in [3.63, 3.8) is 0 Å². The van der Waals surface area contributed by atoms with Crippen LogP contribution in [0.2, 0.25) is 0 Å². The Bertz CT molecular complexity index is 594. The van der Waals surface area contributed by atoms with E-state index in [4.69, 9.17) is 5.11 Å². The molecule has 0 heterocycles. The number of carbonyl (C=O) groups excluding carboxylic acids is 1. The molecule has 0 aromatic heterocycles. The summed E-state index contributed by atoms with van der Waals surface area (Å²) in [6, 6.07) is 11.3. The highest BCUT2D eigenvalue weighted by Crippen LogP contribution is 2.21. The fourth-order valence-corrected chi connectivity index (χ4v) is 2.28. The van der Waals surface area contributed by atoms with Crippen molar-refractivity contribution in [3.05, 3.63) is 46.4 Å². The number of amides is 1. The molecule has 2 N–H and O–H groups in total. The van der Waals surface area contributed by atoms with Crippen molar-refractivity contribution < 1.29 is 9.90 Å². The van der Waals surface area contributed by atoms with Gasteiger partial charge >= 0.3 is 0 Å². The Hall–Kier alpha value is -1.39. The van der Waals surface area contributed by atoms with Crippen molar-refractivity contribution in [1.29, 1.82) is 0 Å². The predicted molar refractivity (Wildman–Crippen MR) is 80.3 cm³/mol. The standard InChI is InChI=1S/C15H16BrNO2/c1-2-14(9-18)17-15(19)12-4-3-11-8-13(16)6-5-10(11)7-12/h3-8,14,18H,2,9H2,1H3,(H,17,19)/t14-/m0/s1. The maximum atomic E-state index is 12.1. The van der Waals surface area contributed by atoms with Crippen molar-refractivity contribution in [1.82, 2.24) is 5.32 Å². The summed E-state index contributed by atoms with van der Waals surface area (Å²) in [5.74, 6) is -0.147. The van der Waals surface area contributed by atoms with Gasteiger partial charge in [-0.3, -0.25) is 4.79 Å². The molecule has 0 saturated heterocycles. The number of hydrogen-bond donors (Lipinski definition) is 2. The van der Waals surface area contributed by atoms with Crippen molar-refractivity contribution in [2.75, 3.05) is 6.61 Å². The highest BCUT2D eigenvalue weighted by atomic mass is 79.9. The van der Waals surface area contributed by atoms with Crippen LogP contribution in [0, 0.1) is 0 Å². The van der Waals surface area contributed by atoms with E-state index in [1.165, 1.54) is 0 Å². The van der Waals surface area contributed by atoms with Gasteiger partial charge in [0.2, 0.25) is 0 Å². The van der Waals surface area contributed by atoms with E-state index in [-0.39, 0.29) is 18.6 Å². The molecule has 3 nitrogen and oxygen atoms in total. The molecule has 0 aliphatic heterocycles. The highest BCUT2D eigenvalue weighted by Gasteiger charge is 2.11. The van der Waals surface area contributed by atoms with Crippen LogP contribution >= 0.6 is 15.9 Å². The largest absolute Gasteiger partial charge is 0.394 e. The molecule has 0 spiro atoms. The minimum Gasteiger partial charge on any atom is -0.394 e. The van der Waals surface area contributed by atoms with Crippen molar-refractivity contribution in [2.24, 2.45) is 0 Å². The summed E-state index contributed by atoms with van der Waals surface area (Å²) in [5, 5.41) is 14.0. The molecule has 1 atom stereocenters. The number of aliphatic hydroxyl groups excluding tert-OH is 1. The number of rotatable bonds is 4. The van der Waals surface area contributed by atoms with E-state index in [9.17, 15) is 4.79 Å². The Balaban J connectivity index is 2.25. The smallest absolute Gasteiger partial charge is 0.251 e. The summed E-state index contributed by atoms with van der Waals surface area (Å²) < 4.78 is 1.02. The van der Waals surface area contributed by atoms with Crippen LogP contribution in [0.15, 0.2) is 40.9 Å². The van der Waals surface area contributed by atoms with Crippen LogP contribution in [0.3, 0.4) is 0 Å². The van der Waals surface area contributed by atoms with Gasteiger partial charge in [0.25, 0.3) is 5.91 Å². The summed E-state index contributed by atoms with van der Waals surface area (Å²) in [4.78, 5) is 12.1. The summed E-state index contributed by atoms with van der Waals surface area (Å²) in [5.41, 5.74) is 0.613. The maximum absolute atomic E-state index is 12.1. The molecule has 4 heteroatoms. The van der Waals surface area contributed by atoms with E-state index in [0.717, 1.165) is 15.2 Å². The lowest BCUT2D eigenvalue weighted by molar-refractivity contribution is 0.0915. The molecule has 0 aliphatic carbocycles. The Morgan fingerprint density at radius 1 is 1.26 bits per heavy atom. The quantitative estimate of drug-likeness (QED) is 0.909. The number of halogens is 1. The average Bonchev–Trinajstić information content (AvgIpc) is 2.43. The molecule has 0 radical (unpaired) electrons. The molecule has 2 aromatic carbocycles. The molecular weight excluding hydrogens is 306 g/mol. The fraction of sp³-hybridized carbons (Fsp3) is 0.267. The Morgan fingerprint density at radius 2 is 1.95 bits per heavy atom. The molecule has 1 amide bonds. The SMILES string of the molecule is CC[C@@H](CO)NC(=O)c1ccc2cc(Br)ccc2c1. The summed E-state index contributed by atoms with van der Waals surface area (Å²) in [6.07, 6.45) is 0.711. The summed E-state index contributed by atoms with van der Waals surface area (Å²) >= 11 is 3.42. The lowest BCUT2D eigenvalue weighted by Crippen LogP contribution is -2.36. The second kappa shape index (κ2) is 6.17. The van der Waals surface area contributed by atoms with Gasteiger partial charge in [-0.15, -0.1) is 0 Å². The second-order valence-electron chi connectivity index (χ2n) is 4.47. The zero-order chi connectivity index (χ0) is 13.8. The molecule has 0 saturated carbocycles. The average molecular weight is 322 g/mol. The van der Waals surface area contributed by atoms with Crippen LogP contribution in [-0.2, 0) is 0 Å². The van der Waals surface area contributed by atoms with Crippen LogP contribution in [-0.4, -0.2) is 23.7 Å². The monoisotopic (exact) mass is 321 g/mol. The van der Waals surface area contributed by atoms with Crippen LogP contribution in [0.4, 0.5) is 0 Å². The van der Waals surface area contributed by atoms with E-state index in [1.807, 2.05) is 37.3 Å². The van der Waals surface area contributed by atoms with Gasteiger partial charge in [0.15, 0.2) is 0 Å². The maximum Gasteiger partial charge on any atom is 0.251 e. The number of hydrogen-bond acceptors (Lipinski definition) is 2. The number of carbonyl (C=O) groups is 1. The Morgan fingerprint density at radius 3 is 2.63 bits per heavy atom. The first-order valence-electron chi connectivity index (χ1n) is 6.25. The zero-order valence-electron chi connectivity index (χ0n) is 10.7. The molecule has 2 aromatic rings. The van der Waals surface area contributed by atoms with Gasteiger partial charge in [0.05, 0.1) is 12.6 Å². The lowest BCUT2D eigenvalue weighted by atomic mass is 10.1. The molecular formula is C15H16BrNO2. The zero-order valence-corrected chi connectivity index (χ0v) is 12.3. The van der Waals surface area contributed by atoms with Gasteiger partial charge in [-0.2, -0.15) is 0 Å². The van der Waals surface area contributed by atoms with Gasteiger partial charge in [0, 0.05) is 10.0 Å². The van der Waals surface area contributed by atoms with Crippen LogP contribution in [0.1, 0.15) is 23.7 Å².